The SMILES string of the molecule is CCc1nnc(NCCCc2nc3ccccc3[nH]2)c(C#N)c1CC. The van der Waals surface area contributed by atoms with Gasteiger partial charge in [-0.05, 0) is 37.0 Å². The van der Waals surface area contributed by atoms with E-state index in [2.05, 4.69) is 31.6 Å². The van der Waals surface area contributed by atoms with Gasteiger partial charge >= 0.3 is 0 Å². The fraction of sp³-hybridized carbons (Fsp3) is 0.368. The van der Waals surface area contributed by atoms with Gasteiger partial charge in [0.05, 0.1) is 16.7 Å². The van der Waals surface area contributed by atoms with Gasteiger partial charge in [-0.3, -0.25) is 0 Å². The van der Waals surface area contributed by atoms with Gasteiger partial charge in [-0.2, -0.15) is 10.4 Å². The number of nitriles is 1. The Morgan fingerprint density at radius 3 is 2.72 bits per heavy atom. The molecular formula is C19H22N6. The van der Waals surface area contributed by atoms with E-state index in [1.807, 2.05) is 38.1 Å². The molecule has 0 radical (unpaired) electrons. The smallest absolute Gasteiger partial charge is 0.166 e. The van der Waals surface area contributed by atoms with Gasteiger partial charge in [0.1, 0.15) is 17.5 Å². The summed E-state index contributed by atoms with van der Waals surface area (Å²) in [6, 6.07) is 10.3. The molecule has 0 fully saturated rings. The van der Waals surface area contributed by atoms with Crippen molar-refractivity contribution >= 4 is 16.9 Å². The predicted molar refractivity (Wildman–Crippen MR) is 98.4 cm³/mol. The van der Waals surface area contributed by atoms with Crippen molar-refractivity contribution in [1.29, 1.82) is 5.26 Å². The van der Waals surface area contributed by atoms with Crippen LogP contribution in [0.15, 0.2) is 24.3 Å². The van der Waals surface area contributed by atoms with Crippen molar-refractivity contribution in [3.8, 4) is 6.07 Å². The van der Waals surface area contributed by atoms with Crippen molar-refractivity contribution in [3.63, 3.8) is 0 Å². The lowest BCUT2D eigenvalue weighted by Crippen LogP contribution is -2.11. The van der Waals surface area contributed by atoms with Crippen molar-refractivity contribution in [1.82, 2.24) is 20.2 Å². The minimum absolute atomic E-state index is 0.584. The van der Waals surface area contributed by atoms with Crippen LogP contribution in [-0.4, -0.2) is 26.7 Å². The van der Waals surface area contributed by atoms with E-state index in [0.29, 0.717) is 11.4 Å². The van der Waals surface area contributed by atoms with Crippen LogP contribution in [0.5, 0.6) is 0 Å². The quantitative estimate of drug-likeness (QED) is 0.646. The lowest BCUT2D eigenvalue weighted by Gasteiger charge is -2.11. The summed E-state index contributed by atoms with van der Waals surface area (Å²) in [5.74, 6) is 1.56. The number of nitrogens with zero attached hydrogens (tertiary/aromatic N) is 4. The Bertz CT molecular complexity index is 873. The zero-order valence-electron chi connectivity index (χ0n) is 14.6. The molecule has 0 unspecified atom stereocenters. The molecule has 0 saturated heterocycles. The lowest BCUT2D eigenvalue weighted by atomic mass is 10.0. The molecule has 3 rings (SSSR count). The highest BCUT2D eigenvalue weighted by Gasteiger charge is 2.13. The largest absolute Gasteiger partial charge is 0.367 e. The molecule has 6 nitrogen and oxygen atoms in total. The van der Waals surface area contributed by atoms with Gasteiger partial charge in [0.15, 0.2) is 5.82 Å². The highest BCUT2D eigenvalue weighted by molar-refractivity contribution is 5.74. The number of aryl methyl sites for hydroxylation is 2. The van der Waals surface area contributed by atoms with Crippen LogP contribution in [0.4, 0.5) is 5.82 Å². The van der Waals surface area contributed by atoms with E-state index < -0.39 is 0 Å². The Morgan fingerprint density at radius 1 is 1.16 bits per heavy atom. The average Bonchev–Trinajstić information content (AvgIpc) is 3.07. The zero-order valence-corrected chi connectivity index (χ0v) is 14.6. The Labute approximate surface area is 147 Å². The Balaban J connectivity index is 1.63. The van der Waals surface area contributed by atoms with Crippen LogP contribution in [0, 0.1) is 11.3 Å². The molecule has 0 bridgehead atoms. The monoisotopic (exact) mass is 334 g/mol. The summed E-state index contributed by atoms with van der Waals surface area (Å²) < 4.78 is 0. The molecule has 2 N–H and O–H groups in total. The fourth-order valence-corrected chi connectivity index (χ4v) is 3.00. The first-order chi connectivity index (χ1) is 12.3. The molecule has 2 heterocycles. The molecule has 3 aromatic rings. The second kappa shape index (κ2) is 7.75. The summed E-state index contributed by atoms with van der Waals surface area (Å²) in [4.78, 5) is 7.91. The van der Waals surface area contributed by atoms with E-state index in [4.69, 9.17) is 0 Å². The maximum absolute atomic E-state index is 9.49. The highest BCUT2D eigenvalue weighted by Crippen LogP contribution is 2.20. The summed E-state index contributed by atoms with van der Waals surface area (Å²) >= 11 is 0. The first-order valence-corrected chi connectivity index (χ1v) is 8.72. The van der Waals surface area contributed by atoms with Crippen LogP contribution in [0.25, 0.3) is 11.0 Å². The third-order valence-electron chi connectivity index (χ3n) is 4.28. The van der Waals surface area contributed by atoms with Crippen LogP contribution < -0.4 is 5.32 Å². The van der Waals surface area contributed by atoms with Crippen molar-refractivity contribution in [2.75, 3.05) is 11.9 Å². The highest BCUT2D eigenvalue weighted by atomic mass is 15.2. The van der Waals surface area contributed by atoms with Gasteiger partial charge < -0.3 is 10.3 Å². The number of para-hydroxylation sites is 2. The van der Waals surface area contributed by atoms with Crippen LogP contribution >= 0.6 is 0 Å². The van der Waals surface area contributed by atoms with Gasteiger partial charge in [0, 0.05) is 13.0 Å². The molecule has 1 aromatic carbocycles. The van der Waals surface area contributed by atoms with Gasteiger partial charge in [0.2, 0.25) is 0 Å². The summed E-state index contributed by atoms with van der Waals surface area (Å²) in [5, 5.41) is 21.2. The molecule has 0 amide bonds. The number of imidazole rings is 1. The van der Waals surface area contributed by atoms with E-state index in [1.54, 1.807) is 0 Å². The van der Waals surface area contributed by atoms with Gasteiger partial charge in [0.25, 0.3) is 0 Å². The van der Waals surface area contributed by atoms with Crippen LogP contribution in [0.3, 0.4) is 0 Å². The van der Waals surface area contributed by atoms with Crippen LogP contribution in [0.2, 0.25) is 0 Å². The number of H-pyrrole nitrogens is 1. The number of anilines is 1. The average molecular weight is 334 g/mol. The molecule has 0 atom stereocenters. The Hall–Kier alpha value is -2.94. The minimum Gasteiger partial charge on any atom is -0.367 e. The number of fused-ring (bicyclic) bond motifs is 1. The molecule has 6 heteroatoms. The minimum atomic E-state index is 0.584. The van der Waals surface area contributed by atoms with E-state index in [9.17, 15) is 5.26 Å². The van der Waals surface area contributed by atoms with E-state index in [1.165, 1.54) is 0 Å². The summed E-state index contributed by atoms with van der Waals surface area (Å²) in [7, 11) is 0. The Morgan fingerprint density at radius 2 is 2.00 bits per heavy atom. The summed E-state index contributed by atoms with van der Waals surface area (Å²) in [5.41, 5.74) is 4.58. The fourth-order valence-electron chi connectivity index (χ4n) is 3.00. The number of hydrogen-bond donors (Lipinski definition) is 2. The van der Waals surface area contributed by atoms with Gasteiger partial charge in [-0.15, -0.1) is 5.10 Å². The normalized spacial score (nSPS) is 10.8. The molecule has 0 spiro atoms. The predicted octanol–water partition coefficient (Wildman–Crippen LogP) is 3.39. The first-order valence-electron chi connectivity index (χ1n) is 8.72. The second-order valence-corrected chi connectivity index (χ2v) is 5.90. The van der Waals surface area contributed by atoms with Crippen molar-refractivity contribution in [2.24, 2.45) is 0 Å². The van der Waals surface area contributed by atoms with Gasteiger partial charge in [-0.25, -0.2) is 4.98 Å². The van der Waals surface area contributed by atoms with Crippen molar-refractivity contribution in [3.05, 3.63) is 46.9 Å². The second-order valence-electron chi connectivity index (χ2n) is 5.90. The molecular weight excluding hydrogens is 312 g/mol. The van der Waals surface area contributed by atoms with Gasteiger partial charge in [-0.1, -0.05) is 26.0 Å². The molecule has 0 aliphatic heterocycles. The number of nitrogens with one attached hydrogen (secondary N) is 2. The number of aromatic nitrogens is 4. The molecule has 0 aliphatic carbocycles. The van der Waals surface area contributed by atoms with E-state index >= 15 is 0 Å². The van der Waals surface area contributed by atoms with E-state index in [-0.39, 0.29) is 0 Å². The topological polar surface area (TPSA) is 90.3 Å². The summed E-state index contributed by atoms with van der Waals surface area (Å²) in [6.07, 6.45) is 3.31. The standard InChI is InChI=1S/C19H22N6/c1-3-13-14(12-20)19(25-24-15(13)4-2)21-11-7-10-18-22-16-8-5-6-9-17(16)23-18/h5-6,8-9H,3-4,7,10-11H2,1-2H3,(H,21,25)(H,22,23). The number of benzene rings is 1. The van der Waals surface area contributed by atoms with Crippen molar-refractivity contribution in [2.45, 2.75) is 39.5 Å². The third-order valence-corrected chi connectivity index (χ3v) is 4.28. The molecule has 25 heavy (non-hydrogen) atoms. The number of aromatic amines is 1. The van der Waals surface area contributed by atoms with Crippen molar-refractivity contribution < 1.29 is 0 Å². The number of rotatable bonds is 7. The zero-order chi connectivity index (χ0) is 17.6. The maximum atomic E-state index is 9.49. The van der Waals surface area contributed by atoms with Crippen LogP contribution in [0.1, 0.15) is 42.9 Å². The Kier molecular flexibility index (Phi) is 5.24. The molecule has 128 valence electrons. The first kappa shape index (κ1) is 16.9. The lowest BCUT2D eigenvalue weighted by molar-refractivity contribution is 0.807. The maximum Gasteiger partial charge on any atom is 0.166 e. The van der Waals surface area contributed by atoms with Crippen LogP contribution in [-0.2, 0) is 19.3 Å². The number of hydrogen-bond acceptors (Lipinski definition) is 5. The molecule has 0 aliphatic rings. The molecule has 0 saturated carbocycles. The third kappa shape index (κ3) is 3.61. The molecule has 2 aromatic heterocycles. The summed E-state index contributed by atoms with van der Waals surface area (Å²) in [6.45, 7) is 4.79. The van der Waals surface area contributed by atoms with E-state index in [0.717, 1.165) is 60.3 Å².